The molecule has 0 bridgehead atoms. The summed E-state index contributed by atoms with van der Waals surface area (Å²) in [5, 5.41) is 0. The summed E-state index contributed by atoms with van der Waals surface area (Å²) < 4.78 is 0. The maximum Gasteiger partial charge on any atom is 0.00494 e. The lowest BCUT2D eigenvalue weighted by molar-refractivity contribution is 0.0835. The smallest absolute Gasteiger partial charge is 0.00494 e. The normalized spacial score (nSPS) is 28.8. The van der Waals surface area contributed by atoms with Gasteiger partial charge in [0.1, 0.15) is 0 Å². The van der Waals surface area contributed by atoms with E-state index in [1.807, 2.05) is 0 Å². The van der Waals surface area contributed by atoms with Crippen molar-refractivity contribution < 1.29 is 0 Å². The van der Waals surface area contributed by atoms with E-state index in [1.165, 1.54) is 51.4 Å². The van der Waals surface area contributed by atoms with Crippen LogP contribution in [-0.4, -0.2) is 6.04 Å². The Morgan fingerprint density at radius 3 is 1.83 bits per heavy atom. The molecule has 2 fully saturated rings. The zero-order chi connectivity index (χ0) is 7.73. The molecule has 1 spiro atoms. The van der Waals surface area contributed by atoms with E-state index >= 15 is 0 Å². The summed E-state index contributed by atoms with van der Waals surface area (Å²) in [4.78, 5) is 0. The van der Waals surface area contributed by atoms with Crippen molar-refractivity contribution in [2.24, 2.45) is 11.1 Å². The fourth-order valence-electron chi connectivity index (χ4n) is 2.94. The summed E-state index contributed by atoms with van der Waals surface area (Å²) in [7, 11) is 0. The van der Waals surface area contributed by atoms with Crippen molar-refractivity contribution >= 4 is 12.4 Å². The van der Waals surface area contributed by atoms with Crippen LogP contribution < -0.4 is 5.73 Å². The van der Waals surface area contributed by atoms with Crippen molar-refractivity contribution in [1.29, 1.82) is 0 Å². The number of hydrogen-bond acceptors (Lipinski definition) is 1. The molecule has 0 atom stereocenters. The number of rotatable bonds is 0. The zero-order valence-corrected chi connectivity index (χ0v) is 8.54. The van der Waals surface area contributed by atoms with Gasteiger partial charge in [0.05, 0.1) is 0 Å². The Kier molecular flexibility index (Phi) is 3.42. The van der Waals surface area contributed by atoms with Crippen LogP contribution in [0.4, 0.5) is 0 Å². The fraction of sp³-hybridized carbons (Fsp3) is 1.00. The lowest BCUT2D eigenvalue weighted by Gasteiger charge is -2.46. The van der Waals surface area contributed by atoms with Gasteiger partial charge in [0.15, 0.2) is 0 Å². The molecule has 0 aliphatic heterocycles. The first kappa shape index (κ1) is 10.3. The zero-order valence-electron chi connectivity index (χ0n) is 7.72. The van der Waals surface area contributed by atoms with Gasteiger partial charge in [-0.05, 0) is 31.1 Å². The molecule has 0 saturated heterocycles. The van der Waals surface area contributed by atoms with Crippen molar-refractivity contribution in [3.8, 4) is 0 Å². The molecule has 0 amide bonds. The monoisotopic (exact) mass is 189 g/mol. The van der Waals surface area contributed by atoms with Crippen LogP contribution in [0.25, 0.3) is 0 Å². The quantitative estimate of drug-likeness (QED) is 0.623. The molecular weight excluding hydrogens is 170 g/mol. The molecule has 2 rings (SSSR count). The van der Waals surface area contributed by atoms with Crippen molar-refractivity contribution in [3.05, 3.63) is 0 Å². The lowest BCUT2D eigenvalue weighted by atomic mass is 9.62. The number of hydrogen-bond donors (Lipinski definition) is 1. The van der Waals surface area contributed by atoms with E-state index in [1.54, 1.807) is 0 Å². The van der Waals surface area contributed by atoms with Crippen molar-refractivity contribution in [3.63, 3.8) is 0 Å². The van der Waals surface area contributed by atoms with Crippen LogP contribution >= 0.6 is 12.4 Å². The van der Waals surface area contributed by atoms with Gasteiger partial charge < -0.3 is 5.73 Å². The molecule has 2 aliphatic carbocycles. The van der Waals surface area contributed by atoms with Gasteiger partial charge in [-0.2, -0.15) is 0 Å². The van der Waals surface area contributed by atoms with Gasteiger partial charge in [0, 0.05) is 6.04 Å². The molecule has 0 aromatic carbocycles. The van der Waals surface area contributed by atoms with Gasteiger partial charge in [-0.3, -0.25) is 0 Å². The van der Waals surface area contributed by atoms with Crippen molar-refractivity contribution in [2.75, 3.05) is 0 Å². The van der Waals surface area contributed by atoms with Crippen LogP contribution in [0.1, 0.15) is 51.4 Å². The van der Waals surface area contributed by atoms with Gasteiger partial charge in [0.25, 0.3) is 0 Å². The molecule has 0 aromatic heterocycles. The second-order valence-corrected chi connectivity index (χ2v) is 4.58. The molecule has 72 valence electrons. The highest BCUT2D eigenvalue weighted by molar-refractivity contribution is 5.85. The van der Waals surface area contributed by atoms with Crippen LogP contribution in [0.15, 0.2) is 0 Å². The average molecular weight is 190 g/mol. The van der Waals surface area contributed by atoms with Gasteiger partial charge in [-0.25, -0.2) is 0 Å². The van der Waals surface area contributed by atoms with Crippen molar-refractivity contribution in [2.45, 2.75) is 57.4 Å². The molecule has 12 heavy (non-hydrogen) atoms. The molecule has 1 nitrogen and oxygen atoms in total. The van der Waals surface area contributed by atoms with Crippen molar-refractivity contribution in [1.82, 2.24) is 0 Å². The predicted octanol–water partition coefficient (Wildman–Crippen LogP) is 2.87. The van der Waals surface area contributed by atoms with E-state index in [0.29, 0.717) is 6.04 Å². The Morgan fingerprint density at radius 2 is 1.42 bits per heavy atom. The SMILES string of the molecule is Cl.NC1CC2(CCCCCC2)C1. The summed E-state index contributed by atoms with van der Waals surface area (Å²) in [5.74, 6) is 0. The molecular formula is C10H20ClN. The molecule has 2 aliphatic rings. The van der Waals surface area contributed by atoms with Crippen LogP contribution in [0.5, 0.6) is 0 Å². The predicted molar refractivity (Wildman–Crippen MR) is 54.6 cm³/mol. The van der Waals surface area contributed by atoms with Gasteiger partial charge >= 0.3 is 0 Å². The molecule has 0 heterocycles. The standard InChI is InChI=1S/C10H19N.ClH/c11-9-7-10(8-9)5-3-1-2-4-6-10;/h9H,1-8,11H2;1H. The second kappa shape index (κ2) is 3.97. The minimum atomic E-state index is 0. The first-order valence-corrected chi connectivity index (χ1v) is 5.06. The highest BCUT2D eigenvalue weighted by Gasteiger charge is 2.41. The van der Waals surface area contributed by atoms with E-state index in [9.17, 15) is 0 Å². The van der Waals surface area contributed by atoms with Gasteiger partial charge in [-0.1, -0.05) is 25.7 Å². The highest BCUT2D eigenvalue weighted by atomic mass is 35.5. The Bertz CT molecular complexity index is 131. The maximum absolute atomic E-state index is 5.84. The van der Waals surface area contributed by atoms with E-state index in [4.69, 9.17) is 5.73 Å². The summed E-state index contributed by atoms with van der Waals surface area (Å²) in [5.41, 5.74) is 6.57. The van der Waals surface area contributed by atoms with Gasteiger partial charge in [-0.15, -0.1) is 12.4 Å². The second-order valence-electron chi connectivity index (χ2n) is 4.58. The third kappa shape index (κ3) is 1.94. The molecule has 0 unspecified atom stereocenters. The van der Waals surface area contributed by atoms with Gasteiger partial charge in [0.2, 0.25) is 0 Å². The topological polar surface area (TPSA) is 26.0 Å². The first-order valence-electron chi connectivity index (χ1n) is 5.06. The van der Waals surface area contributed by atoms with Crippen LogP contribution in [0.2, 0.25) is 0 Å². The number of halogens is 1. The maximum atomic E-state index is 5.84. The van der Waals surface area contributed by atoms with Crippen LogP contribution in [-0.2, 0) is 0 Å². The van der Waals surface area contributed by atoms with E-state index in [-0.39, 0.29) is 12.4 Å². The van der Waals surface area contributed by atoms with E-state index < -0.39 is 0 Å². The highest BCUT2D eigenvalue weighted by Crippen LogP contribution is 2.49. The summed E-state index contributed by atoms with van der Waals surface area (Å²) in [6, 6.07) is 0.549. The largest absolute Gasteiger partial charge is 0.328 e. The average Bonchev–Trinajstić information content (AvgIpc) is 2.12. The Labute approximate surface area is 81.5 Å². The first-order chi connectivity index (χ1) is 5.31. The molecule has 2 saturated carbocycles. The minimum absolute atomic E-state index is 0. The lowest BCUT2D eigenvalue weighted by Crippen LogP contribution is -2.45. The van der Waals surface area contributed by atoms with E-state index in [2.05, 4.69) is 0 Å². The Hall–Kier alpha value is 0.250. The summed E-state index contributed by atoms with van der Waals surface area (Å²) >= 11 is 0. The molecule has 2 N–H and O–H groups in total. The summed E-state index contributed by atoms with van der Waals surface area (Å²) in [6.45, 7) is 0. The third-order valence-electron chi connectivity index (χ3n) is 3.55. The fourth-order valence-corrected chi connectivity index (χ4v) is 2.94. The minimum Gasteiger partial charge on any atom is -0.328 e. The Balaban J connectivity index is 0.000000720. The Morgan fingerprint density at radius 1 is 0.917 bits per heavy atom. The molecule has 0 radical (unpaired) electrons. The van der Waals surface area contributed by atoms with Crippen LogP contribution in [0, 0.1) is 5.41 Å². The summed E-state index contributed by atoms with van der Waals surface area (Å²) in [6.07, 6.45) is 11.5. The molecule has 0 aromatic rings. The molecule has 2 heteroatoms. The number of nitrogens with two attached hydrogens (primary N) is 1. The van der Waals surface area contributed by atoms with E-state index in [0.717, 1.165) is 5.41 Å². The van der Waals surface area contributed by atoms with Crippen LogP contribution in [0.3, 0.4) is 0 Å². The third-order valence-corrected chi connectivity index (χ3v) is 3.55.